The van der Waals surface area contributed by atoms with E-state index in [4.69, 9.17) is 12.2 Å². The molecule has 130 valence electrons. The predicted octanol–water partition coefficient (Wildman–Crippen LogP) is 4.63. The molecule has 2 aromatic carbocycles. The zero-order valence-corrected chi connectivity index (χ0v) is 15.7. The van der Waals surface area contributed by atoms with E-state index in [1.807, 2.05) is 60.0 Å². The van der Waals surface area contributed by atoms with E-state index < -0.39 is 0 Å². The summed E-state index contributed by atoms with van der Waals surface area (Å²) in [6.07, 6.45) is 2.12. The fourth-order valence-corrected chi connectivity index (χ4v) is 4.12. The highest BCUT2D eigenvalue weighted by Gasteiger charge is 2.09. The van der Waals surface area contributed by atoms with Crippen molar-refractivity contribution < 1.29 is 4.79 Å². The number of aromatic nitrogens is 3. The minimum Gasteiger partial charge on any atom is -0.341 e. The zero-order chi connectivity index (χ0) is 18.1. The van der Waals surface area contributed by atoms with Gasteiger partial charge in [-0.05, 0) is 55.5 Å². The number of para-hydroxylation sites is 2. The number of nitrogens with one attached hydrogen (secondary N) is 2. The minimum absolute atomic E-state index is 0.0563. The molecule has 2 N–H and O–H groups in total. The lowest BCUT2D eigenvalue weighted by atomic mass is 10.2. The number of hydrogen-bond donors (Lipinski definition) is 2. The fraction of sp³-hybridized carbons (Fsp3) is 0.105. The van der Waals surface area contributed by atoms with E-state index in [1.165, 1.54) is 11.3 Å². The second kappa shape index (κ2) is 6.86. The van der Waals surface area contributed by atoms with Crippen molar-refractivity contribution in [3.05, 3.63) is 69.4 Å². The molecule has 0 spiro atoms. The van der Waals surface area contributed by atoms with Crippen LogP contribution in [0, 0.1) is 10.9 Å². The molecule has 0 atom stereocenters. The summed E-state index contributed by atoms with van der Waals surface area (Å²) in [5.41, 5.74) is 4.72. The van der Waals surface area contributed by atoms with Gasteiger partial charge in [-0.2, -0.15) is 0 Å². The van der Waals surface area contributed by atoms with Crippen LogP contribution in [0.5, 0.6) is 0 Å². The first-order valence-electron chi connectivity index (χ1n) is 8.11. The Labute approximate surface area is 159 Å². The zero-order valence-electron chi connectivity index (χ0n) is 14.0. The van der Waals surface area contributed by atoms with Crippen LogP contribution in [0.4, 0.5) is 5.69 Å². The second-order valence-electron chi connectivity index (χ2n) is 5.94. The number of aromatic amines is 1. The number of imidazole rings is 1. The number of anilines is 1. The lowest BCUT2D eigenvalue weighted by Crippen LogP contribution is -2.14. The highest BCUT2D eigenvalue weighted by molar-refractivity contribution is 7.73. The molecule has 0 bridgehead atoms. The molecule has 0 radical (unpaired) electrons. The van der Waals surface area contributed by atoms with Gasteiger partial charge in [-0.3, -0.25) is 9.36 Å². The Morgan fingerprint density at radius 1 is 1.23 bits per heavy atom. The van der Waals surface area contributed by atoms with Crippen LogP contribution in [0.2, 0.25) is 0 Å². The van der Waals surface area contributed by atoms with Crippen molar-refractivity contribution in [2.24, 2.45) is 0 Å². The molecular weight excluding hydrogens is 364 g/mol. The highest BCUT2D eigenvalue weighted by atomic mass is 32.1. The molecule has 1 amide bonds. The van der Waals surface area contributed by atoms with Crippen LogP contribution in [0.3, 0.4) is 0 Å². The largest absolute Gasteiger partial charge is 0.341 e. The lowest BCUT2D eigenvalue weighted by Gasteiger charge is -2.08. The second-order valence-corrected chi connectivity index (χ2v) is 7.71. The van der Waals surface area contributed by atoms with Crippen LogP contribution in [-0.4, -0.2) is 20.4 Å². The molecule has 2 heterocycles. The number of carbonyl (C=O) groups excluding carboxylic acids is 1. The van der Waals surface area contributed by atoms with Crippen molar-refractivity contribution in [3.8, 4) is 5.69 Å². The first-order valence-corrected chi connectivity index (χ1v) is 9.33. The number of benzene rings is 2. The van der Waals surface area contributed by atoms with Crippen LogP contribution in [0.1, 0.15) is 10.6 Å². The van der Waals surface area contributed by atoms with Gasteiger partial charge >= 0.3 is 0 Å². The highest BCUT2D eigenvalue weighted by Crippen LogP contribution is 2.20. The summed E-state index contributed by atoms with van der Waals surface area (Å²) in [6, 6.07) is 15.7. The van der Waals surface area contributed by atoms with Gasteiger partial charge in [0, 0.05) is 21.9 Å². The Morgan fingerprint density at radius 3 is 2.73 bits per heavy atom. The third-order valence-corrected chi connectivity index (χ3v) is 5.46. The number of H-pyrrole nitrogens is 1. The number of rotatable bonds is 4. The maximum Gasteiger partial charge on any atom is 0.229 e. The van der Waals surface area contributed by atoms with Gasteiger partial charge in [-0.15, -0.1) is 11.3 Å². The van der Waals surface area contributed by atoms with Gasteiger partial charge in [0.1, 0.15) is 6.33 Å². The van der Waals surface area contributed by atoms with Crippen LogP contribution >= 0.6 is 23.6 Å². The number of hydrogen-bond acceptors (Lipinski definition) is 4. The fourth-order valence-electron chi connectivity index (χ4n) is 2.83. The Bertz CT molecular complexity index is 1140. The van der Waals surface area contributed by atoms with Crippen LogP contribution in [0.25, 0.3) is 16.7 Å². The SMILES string of the molecule is Cc1[nH]c(=S)sc1CC(=O)Nc1ccc(-n2cnc3ccccc32)cc1. The number of nitrogens with zero attached hydrogens (tertiary/aromatic N) is 2. The average molecular weight is 380 g/mol. The number of thiazole rings is 1. The summed E-state index contributed by atoms with van der Waals surface area (Å²) < 4.78 is 2.72. The number of carbonyl (C=O) groups is 1. The number of aryl methyl sites for hydroxylation is 1. The van der Waals surface area contributed by atoms with Gasteiger partial charge in [0.15, 0.2) is 3.95 Å². The third kappa shape index (κ3) is 3.31. The smallest absolute Gasteiger partial charge is 0.229 e. The van der Waals surface area contributed by atoms with Gasteiger partial charge in [0.25, 0.3) is 0 Å². The molecule has 0 saturated carbocycles. The third-order valence-electron chi connectivity index (χ3n) is 4.13. The van der Waals surface area contributed by atoms with Gasteiger partial charge in [0.2, 0.25) is 5.91 Å². The van der Waals surface area contributed by atoms with Gasteiger partial charge < -0.3 is 10.3 Å². The van der Waals surface area contributed by atoms with Crippen molar-refractivity contribution in [3.63, 3.8) is 0 Å². The van der Waals surface area contributed by atoms with Crippen molar-refractivity contribution >= 4 is 46.2 Å². The molecule has 0 aliphatic heterocycles. The Morgan fingerprint density at radius 2 is 2.00 bits per heavy atom. The molecule has 0 aliphatic carbocycles. The topological polar surface area (TPSA) is 62.7 Å². The van der Waals surface area contributed by atoms with E-state index in [1.54, 1.807) is 6.33 Å². The molecule has 0 aliphatic rings. The molecule has 4 rings (SSSR count). The summed E-state index contributed by atoms with van der Waals surface area (Å²) in [4.78, 5) is 20.7. The molecule has 7 heteroatoms. The number of fused-ring (bicyclic) bond motifs is 1. The van der Waals surface area contributed by atoms with Crippen molar-refractivity contribution in [2.75, 3.05) is 5.32 Å². The minimum atomic E-state index is -0.0563. The summed E-state index contributed by atoms with van der Waals surface area (Å²) in [5, 5.41) is 2.93. The summed E-state index contributed by atoms with van der Waals surface area (Å²) >= 11 is 6.56. The van der Waals surface area contributed by atoms with E-state index in [-0.39, 0.29) is 5.91 Å². The standard InChI is InChI=1S/C19H16N4OS2/c1-12-17(26-19(25)21-12)10-18(24)22-13-6-8-14(9-7-13)23-11-20-15-4-2-3-5-16(15)23/h2-9,11H,10H2,1H3,(H,21,25)(H,22,24). The maximum absolute atomic E-state index is 12.3. The van der Waals surface area contributed by atoms with E-state index >= 15 is 0 Å². The summed E-state index contributed by atoms with van der Waals surface area (Å²) in [6.45, 7) is 1.93. The van der Waals surface area contributed by atoms with Crippen LogP contribution in [-0.2, 0) is 11.2 Å². The van der Waals surface area contributed by atoms with Crippen LogP contribution in [0.15, 0.2) is 54.9 Å². The first kappa shape index (κ1) is 16.7. The number of amides is 1. The molecule has 26 heavy (non-hydrogen) atoms. The average Bonchev–Trinajstić information content (AvgIpc) is 3.18. The van der Waals surface area contributed by atoms with E-state index in [0.717, 1.165) is 33.0 Å². The molecule has 0 saturated heterocycles. The van der Waals surface area contributed by atoms with Gasteiger partial charge in [-0.25, -0.2) is 4.98 Å². The van der Waals surface area contributed by atoms with E-state index in [2.05, 4.69) is 15.3 Å². The van der Waals surface area contributed by atoms with E-state index in [9.17, 15) is 4.79 Å². The maximum atomic E-state index is 12.3. The Balaban J connectivity index is 1.50. The Hall–Kier alpha value is -2.77. The summed E-state index contributed by atoms with van der Waals surface area (Å²) in [5.74, 6) is -0.0563. The molecule has 5 nitrogen and oxygen atoms in total. The monoisotopic (exact) mass is 380 g/mol. The lowest BCUT2D eigenvalue weighted by molar-refractivity contribution is -0.115. The first-order chi connectivity index (χ1) is 12.6. The molecule has 0 fully saturated rings. The molecular formula is C19H16N4OS2. The molecule has 0 unspecified atom stereocenters. The van der Waals surface area contributed by atoms with Crippen molar-refractivity contribution in [1.29, 1.82) is 0 Å². The van der Waals surface area contributed by atoms with Crippen LogP contribution < -0.4 is 5.32 Å². The van der Waals surface area contributed by atoms with E-state index in [0.29, 0.717) is 10.4 Å². The molecule has 2 aromatic heterocycles. The summed E-state index contributed by atoms with van der Waals surface area (Å²) in [7, 11) is 0. The quantitative estimate of drug-likeness (QED) is 0.507. The van der Waals surface area contributed by atoms with Gasteiger partial charge in [0.05, 0.1) is 17.5 Å². The predicted molar refractivity (Wildman–Crippen MR) is 108 cm³/mol. The molecule has 4 aromatic rings. The van der Waals surface area contributed by atoms with Gasteiger partial charge in [-0.1, -0.05) is 12.1 Å². The van der Waals surface area contributed by atoms with Crippen molar-refractivity contribution in [1.82, 2.24) is 14.5 Å². The van der Waals surface area contributed by atoms with Crippen molar-refractivity contribution in [2.45, 2.75) is 13.3 Å². The normalized spacial score (nSPS) is 11.0. The Kier molecular flexibility index (Phi) is 4.40.